The molecular weight excluding hydrogens is 312 g/mol. The molecule has 1 unspecified atom stereocenters. The normalized spacial score (nSPS) is 12.0. The van der Waals surface area contributed by atoms with Crippen molar-refractivity contribution in [2.45, 2.75) is 45.6 Å². The van der Waals surface area contributed by atoms with E-state index in [1.54, 1.807) is 0 Å². The highest BCUT2D eigenvalue weighted by Crippen LogP contribution is 2.19. The Morgan fingerprint density at radius 1 is 1.32 bits per heavy atom. The summed E-state index contributed by atoms with van der Waals surface area (Å²) >= 11 is 0. The minimum absolute atomic E-state index is 0.341. The molecule has 0 saturated carbocycles. The molecule has 0 saturated heterocycles. The molecule has 0 bridgehead atoms. The Bertz CT molecular complexity index is 754. The van der Waals surface area contributed by atoms with Crippen molar-refractivity contribution < 1.29 is 9.53 Å². The summed E-state index contributed by atoms with van der Waals surface area (Å²) in [5, 5.41) is 1.10. The van der Waals surface area contributed by atoms with Crippen molar-refractivity contribution in [3.8, 4) is 0 Å². The van der Waals surface area contributed by atoms with E-state index in [0.29, 0.717) is 19.4 Å². The zero-order valence-electron chi connectivity index (χ0n) is 15.2. The van der Waals surface area contributed by atoms with Crippen molar-refractivity contribution in [1.29, 1.82) is 0 Å². The number of rotatable bonds is 9. The van der Waals surface area contributed by atoms with E-state index < -0.39 is 6.04 Å². The van der Waals surface area contributed by atoms with Crippen LogP contribution in [0.2, 0.25) is 0 Å². The van der Waals surface area contributed by atoms with Gasteiger partial charge in [-0.15, -0.1) is 0 Å². The number of aromatic nitrogens is 1. The second-order valence-corrected chi connectivity index (χ2v) is 6.66. The monoisotopic (exact) mass is 340 g/mol. The summed E-state index contributed by atoms with van der Waals surface area (Å²) in [5.74, 6) is -0.359. The first kappa shape index (κ1) is 19.0. The Hall–Kier alpha value is -2.33. The fraction of sp³-hybridized carbons (Fsp3) is 0.381. The van der Waals surface area contributed by atoms with Crippen LogP contribution < -0.4 is 5.73 Å². The number of hydrogen-bond donors (Lipinski definition) is 2. The smallest absolute Gasteiger partial charge is 0.323 e. The van der Waals surface area contributed by atoms with E-state index in [-0.39, 0.29) is 5.97 Å². The van der Waals surface area contributed by atoms with Crippen LogP contribution in [0.5, 0.6) is 0 Å². The fourth-order valence-corrected chi connectivity index (χ4v) is 2.71. The number of esters is 1. The van der Waals surface area contributed by atoms with E-state index in [1.807, 2.05) is 30.5 Å². The van der Waals surface area contributed by atoms with Gasteiger partial charge < -0.3 is 15.5 Å². The van der Waals surface area contributed by atoms with E-state index in [9.17, 15) is 4.79 Å². The van der Waals surface area contributed by atoms with Crippen LogP contribution in [0, 0.1) is 0 Å². The number of nitrogens with one attached hydrogen (secondary N) is 1. The van der Waals surface area contributed by atoms with Gasteiger partial charge in [-0.25, -0.2) is 0 Å². The predicted octanol–water partition coefficient (Wildman–Crippen LogP) is 4.27. The van der Waals surface area contributed by atoms with Gasteiger partial charge in [0.15, 0.2) is 0 Å². The van der Waals surface area contributed by atoms with E-state index in [4.69, 9.17) is 10.5 Å². The Balaban J connectivity index is 1.75. The molecule has 1 atom stereocenters. The first-order valence-electron chi connectivity index (χ1n) is 8.74. The predicted molar refractivity (Wildman–Crippen MR) is 103 cm³/mol. The van der Waals surface area contributed by atoms with Crippen LogP contribution in [-0.4, -0.2) is 23.6 Å². The molecular formula is C21H28N2O2. The molecule has 0 fully saturated rings. The minimum Gasteiger partial charge on any atom is -0.464 e. The summed E-state index contributed by atoms with van der Waals surface area (Å²) < 4.78 is 5.31. The first-order chi connectivity index (χ1) is 12.0. The Morgan fingerprint density at radius 2 is 2.08 bits per heavy atom. The number of para-hydroxylation sites is 1. The van der Waals surface area contributed by atoms with Crippen LogP contribution in [0.3, 0.4) is 0 Å². The van der Waals surface area contributed by atoms with Crippen LogP contribution >= 0.6 is 0 Å². The maximum Gasteiger partial charge on any atom is 0.323 e. The molecule has 0 spiro atoms. The van der Waals surface area contributed by atoms with E-state index in [1.165, 1.54) is 5.57 Å². The highest BCUT2D eigenvalue weighted by molar-refractivity contribution is 5.84. The molecule has 1 aromatic carbocycles. The molecule has 0 aliphatic heterocycles. The maximum atomic E-state index is 12.1. The second kappa shape index (κ2) is 9.23. The average molecular weight is 340 g/mol. The van der Waals surface area contributed by atoms with Crippen LogP contribution in [0.4, 0.5) is 0 Å². The van der Waals surface area contributed by atoms with Crippen LogP contribution in [-0.2, 0) is 16.0 Å². The van der Waals surface area contributed by atoms with Crippen molar-refractivity contribution >= 4 is 16.9 Å². The van der Waals surface area contributed by atoms with E-state index in [0.717, 1.165) is 34.9 Å². The first-order valence-corrected chi connectivity index (χ1v) is 8.74. The zero-order chi connectivity index (χ0) is 18.2. The van der Waals surface area contributed by atoms with Crippen LogP contribution in [0.1, 0.15) is 38.7 Å². The summed E-state index contributed by atoms with van der Waals surface area (Å²) in [6.45, 7) is 8.54. The van der Waals surface area contributed by atoms with Crippen LogP contribution in [0.25, 0.3) is 10.9 Å². The molecule has 0 aliphatic rings. The van der Waals surface area contributed by atoms with Crippen LogP contribution in [0.15, 0.2) is 54.3 Å². The molecule has 25 heavy (non-hydrogen) atoms. The molecule has 2 rings (SSSR count). The van der Waals surface area contributed by atoms with Crippen molar-refractivity contribution in [1.82, 2.24) is 4.98 Å². The lowest BCUT2D eigenvalue weighted by molar-refractivity contribution is -0.145. The Labute approximate surface area is 149 Å². The minimum atomic E-state index is -0.654. The third-order valence-electron chi connectivity index (χ3n) is 4.17. The van der Waals surface area contributed by atoms with Crippen molar-refractivity contribution in [2.24, 2.45) is 5.73 Å². The number of carbonyl (C=O) groups excluding carboxylic acids is 1. The number of allylic oxidation sites excluding steroid dienone is 2. The number of ether oxygens (including phenoxy) is 1. The lowest BCUT2D eigenvalue weighted by Gasteiger charge is -2.12. The summed E-state index contributed by atoms with van der Waals surface area (Å²) in [4.78, 5) is 15.3. The van der Waals surface area contributed by atoms with Gasteiger partial charge in [-0.05, 0) is 38.3 Å². The molecule has 2 aromatic rings. The van der Waals surface area contributed by atoms with Gasteiger partial charge in [0.1, 0.15) is 6.04 Å². The molecule has 0 radical (unpaired) electrons. The highest BCUT2D eigenvalue weighted by atomic mass is 16.5. The summed E-state index contributed by atoms with van der Waals surface area (Å²) in [6, 6.07) is 7.32. The van der Waals surface area contributed by atoms with Gasteiger partial charge in [0.05, 0.1) is 6.61 Å². The van der Waals surface area contributed by atoms with Gasteiger partial charge in [-0.1, -0.05) is 42.0 Å². The number of hydrogen-bond acceptors (Lipinski definition) is 3. The molecule has 0 amide bonds. The average Bonchev–Trinajstić information content (AvgIpc) is 2.97. The van der Waals surface area contributed by atoms with E-state index >= 15 is 0 Å². The van der Waals surface area contributed by atoms with Crippen molar-refractivity contribution in [2.75, 3.05) is 6.61 Å². The molecule has 0 aliphatic carbocycles. The lowest BCUT2D eigenvalue weighted by Crippen LogP contribution is -2.34. The van der Waals surface area contributed by atoms with Gasteiger partial charge in [-0.2, -0.15) is 0 Å². The second-order valence-electron chi connectivity index (χ2n) is 6.66. The van der Waals surface area contributed by atoms with Crippen molar-refractivity contribution in [3.63, 3.8) is 0 Å². The molecule has 1 aromatic heterocycles. The van der Waals surface area contributed by atoms with E-state index in [2.05, 4.69) is 31.5 Å². The molecule has 3 N–H and O–H groups in total. The van der Waals surface area contributed by atoms with Gasteiger partial charge in [-0.3, -0.25) is 4.79 Å². The number of fused-ring (bicyclic) bond motifs is 1. The molecule has 1 heterocycles. The molecule has 134 valence electrons. The highest BCUT2D eigenvalue weighted by Gasteiger charge is 2.17. The third kappa shape index (κ3) is 5.91. The van der Waals surface area contributed by atoms with Gasteiger partial charge in [0.25, 0.3) is 0 Å². The topological polar surface area (TPSA) is 68.1 Å². The standard InChI is InChI=1S/C21H28N2O2/c1-15(2)7-6-8-16(3)11-12-25-21(24)19(22)13-17-14-23-20-10-5-4-9-18(17)20/h4-5,7,9-10,14,19,23H,3,6,8,11-13,22H2,1-2H3. The molecule has 4 heteroatoms. The quantitative estimate of drug-likeness (QED) is 0.529. The van der Waals surface area contributed by atoms with Crippen molar-refractivity contribution in [3.05, 3.63) is 59.8 Å². The zero-order valence-corrected chi connectivity index (χ0v) is 15.2. The maximum absolute atomic E-state index is 12.1. The summed E-state index contributed by atoms with van der Waals surface area (Å²) in [7, 11) is 0. The van der Waals surface area contributed by atoms with Gasteiger partial charge >= 0.3 is 5.97 Å². The summed E-state index contributed by atoms with van der Waals surface area (Å²) in [6.07, 6.45) is 7.14. The Kier molecular flexibility index (Phi) is 7.02. The summed E-state index contributed by atoms with van der Waals surface area (Å²) in [5.41, 5.74) is 10.5. The van der Waals surface area contributed by atoms with Gasteiger partial charge in [0.2, 0.25) is 0 Å². The largest absolute Gasteiger partial charge is 0.464 e. The number of H-pyrrole nitrogens is 1. The lowest BCUT2D eigenvalue weighted by atomic mass is 10.1. The number of carbonyl (C=O) groups is 1. The number of nitrogens with two attached hydrogens (primary N) is 1. The fourth-order valence-electron chi connectivity index (χ4n) is 2.71. The number of benzene rings is 1. The number of aromatic amines is 1. The third-order valence-corrected chi connectivity index (χ3v) is 4.17. The molecule has 4 nitrogen and oxygen atoms in total. The SMILES string of the molecule is C=C(CCC=C(C)C)CCOC(=O)C(N)Cc1c[nH]c2ccccc12. The van der Waals surface area contributed by atoms with Gasteiger partial charge in [0, 0.05) is 29.9 Å². The Morgan fingerprint density at radius 3 is 2.84 bits per heavy atom.